The van der Waals surface area contributed by atoms with Crippen molar-refractivity contribution in [2.24, 2.45) is 0 Å². The van der Waals surface area contributed by atoms with Crippen molar-refractivity contribution in [3.05, 3.63) is 72.9 Å². The fourth-order valence-electron chi connectivity index (χ4n) is 4.56. The van der Waals surface area contributed by atoms with Gasteiger partial charge in [0.25, 0.3) is 0 Å². The molecule has 0 radical (unpaired) electrons. The number of carbonyl (C=O) groups excluding carboxylic acids is 3. The van der Waals surface area contributed by atoms with Gasteiger partial charge in [0.05, 0.1) is 30.8 Å². The monoisotopic (exact) mass is 486 g/mol. The van der Waals surface area contributed by atoms with E-state index in [2.05, 4.69) is 20.5 Å². The van der Waals surface area contributed by atoms with Crippen molar-refractivity contribution in [1.29, 1.82) is 0 Å². The average Bonchev–Trinajstić information content (AvgIpc) is 3.46. The van der Waals surface area contributed by atoms with Gasteiger partial charge in [-0.05, 0) is 42.8 Å². The molecule has 10 heteroatoms. The number of rotatable bonds is 6. The third-order valence-electron chi connectivity index (χ3n) is 6.29. The molecule has 0 aliphatic carbocycles. The Labute approximate surface area is 206 Å². The number of halogens is 1. The third-order valence-corrected chi connectivity index (χ3v) is 6.29. The Morgan fingerprint density at radius 2 is 1.94 bits per heavy atom. The first-order valence-corrected chi connectivity index (χ1v) is 11.5. The number of carbonyl (C=O) groups is 3. The average molecular weight is 487 g/mol. The van der Waals surface area contributed by atoms with Crippen molar-refractivity contribution < 1.29 is 18.8 Å². The Morgan fingerprint density at radius 3 is 2.67 bits per heavy atom. The van der Waals surface area contributed by atoms with E-state index in [1.165, 1.54) is 18.0 Å². The molecule has 1 aliphatic rings. The highest BCUT2D eigenvalue weighted by molar-refractivity contribution is 6.08. The number of hydrogen-bond donors (Lipinski definition) is 1. The van der Waals surface area contributed by atoms with Crippen LogP contribution in [0.15, 0.2) is 67.4 Å². The number of nitrogens with zero attached hydrogens (tertiary/aromatic N) is 5. The van der Waals surface area contributed by atoms with Crippen molar-refractivity contribution in [1.82, 2.24) is 24.6 Å². The molecular weight excluding hydrogens is 463 g/mol. The van der Waals surface area contributed by atoms with Crippen molar-refractivity contribution in [2.75, 3.05) is 11.9 Å². The lowest BCUT2D eigenvalue weighted by Crippen LogP contribution is -2.44. The van der Waals surface area contributed by atoms with Crippen molar-refractivity contribution in [2.45, 2.75) is 32.1 Å². The van der Waals surface area contributed by atoms with E-state index in [0.717, 1.165) is 11.1 Å². The summed E-state index contributed by atoms with van der Waals surface area (Å²) in [4.78, 5) is 43.7. The predicted molar refractivity (Wildman–Crippen MR) is 131 cm³/mol. The van der Waals surface area contributed by atoms with E-state index in [9.17, 15) is 18.8 Å². The molecule has 3 aromatic heterocycles. The van der Waals surface area contributed by atoms with Gasteiger partial charge < -0.3 is 14.8 Å². The highest BCUT2D eigenvalue weighted by Crippen LogP contribution is 2.29. The zero-order valence-electron chi connectivity index (χ0n) is 19.5. The normalized spacial score (nSPS) is 17.3. The number of likely N-dealkylation sites (tertiary alicyclic amines) is 1. The number of amides is 2. The summed E-state index contributed by atoms with van der Waals surface area (Å²) in [6.07, 6.45) is 6.53. The smallest absolute Gasteiger partial charge is 0.247 e. The van der Waals surface area contributed by atoms with Crippen LogP contribution in [0, 0.1) is 0 Å². The van der Waals surface area contributed by atoms with Gasteiger partial charge in [0.1, 0.15) is 18.8 Å². The molecule has 1 aromatic carbocycles. The van der Waals surface area contributed by atoms with Crippen LogP contribution in [0.2, 0.25) is 0 Å². The summed E-state index contributed by atoms with van der Waals surface area (Å²) in [6.45, 7) is 1.17. The molecule has 1 unspecified atom stereocenters. The molecular formula is C26H23FN6O3. The first-order valence-electron chi connectivity index (χ1n) is 11.5. The second-order valence-electron chi connectivity index (χ2n) is 8.72. The number of anilines is 1. The largest absolute Gasteiger partial charge is 0.337 e. The predicted octanol–water partition coefficient (Wildman–Crippen LogP) is 3.27. The molecule has 1 N–H and O–H groups in total. The van der Waals surface area contributed by atoms with Gasteiger partial charge in [-0.1, -0.05) is 6.07 Å². The molecule has 0 spiro atoms. The van der Waals surface area contributed by atoms with Crippen LogP contribution in [0.4, 0.5) is 10.1 Å². The maximum absolute atomic E-state index is 14.3. The number of aromatic nitrogens is 4. The number of alkyl halides is 1. The van der Waals surface area contributed by atoms with Crippen molar-refractivity contribution >= 4 is 34.2 Å². The van der Waals surface area contributed by atoms with Gasteiger partial charge in [-0.3, -0.25) is 19.4 Å². The van der Waals surface area contributed by atoms with Gasteiger partial charge >= 0.3 is 0 Å². The first-order chi connectivity index (χ1) is 17.4. The number of fused-ring (bicyclic) bond motifs is 1. The van der Waals surface area contributed by atoms with Crippen LogP contribution in [-0.4, -0.2) is 61.0 Å². The summed E-state index contributed by atoms with van der Waals surface area (Å²) in [6, 6.07) is 9.81. The van der Waals surface area contributed by atoms with Gasteiger partial charge in [0, 0.05) is 40.8 Å². The van der Waals surface area contributed by atoms with Crippen LogP contribution < -0.4 is 5.32 Å². The highest BCUT2D eigenvalue weighted by atomic mass is 19.1. The first kappa shape index (κ1) is 23.3. The van der Waals surface area contributed by atoms with E-state index < -0.39 is 24.0 Å². The number of pyridine rings is 1. The Balaban J connectivity index is 1.41. The molecule has 36 heavy (non-hydrogen) atoms. The number of hydrogen-bond acceptors (Lipinski definition) is 6. The molecule has 9 nitrogen and oxygen atoms in total. The van der Waals surface area contributed by atoms with Crippen molar-refractivity contribution in [3.8, 4) is 11.1 Å². The lowest BCUT2D eigenvalue weighted by atomic mass is 10.0. The topological polar surface area (TPSA) is 110 Å². The zero-order chi connectivity index (χ0) is 25.2. The summed E-state index contributed by atoms with van der Waals surface area (Å²) in [5.41, 5.74) is 3.33. The highest BCUT2D eigenvalue weighted by Gasteiger charge is 2.40. The lowest BCUT2D eigenvalue weighted by molar-refractivity contribution is -0.137. The fraction of sp³-hybridized carbons (Fsp3) is 0.231. The van der Waals surface area contributed by atoms with E-state index in [0.29, 0.717) is 22.2 Å². The van der Waals surface area contributed by atoms with Crippen LogP contribution in [-0.2, 0) is 16.1 Å². The molecule has 0 saturated carbocycles. The molecule has 1 aliphatic heterocycles. The van der Waals surface area contributed by atoms with Crippen LogP contribution in [0.5, 0.6) is 0 Å². The van der Waals surface area contributed by atoms with Crippen LogP contribution >= 0.6 is 0 Å². The minimum absolute atomic E-state index is 0.0771. The van der Waals surface area contributed by atoms with E-state index in [1.807, 2.05) is 24.3 Å². The van der Waals surface area contributed by atoms with E-state index in [1.54, 1.807) is 41.5 Å². The fourth-order valence-corrected chi connectivity index (χ4v) is 4.56. The standard InChI is InChI=1S/C26H23FN6O3/c1-16(34)22-14-32(23-5-4-17(9-21(22)23)18-6-8-29-30-11-18)15-25(35)33-13-19(27)10-24(33)26(36)31-20-3-2-7-28-12-20/h2-9,11-12,14,19,24H,10,13,15H2,1H3,(H,31,36)/t19-,24?/m1/s1. The number of benzene rings is 1. The minimum atomic E-state index is -1.30. The Bertz CT molecular complexity index is 1440. The second kappa shape index (κ2) is 9.65. The molecule has 5 rings (SSSR count). The summed E-state index contributed by atoms with van der Waals surface area (Å²) in [5.74, 6) is -1.01. The Kier molecular flexibility index (Phi) is 6.24. The molecule has 1 saturated heterocycles. The van der Waals surface area contributed by atoms with Gasteiger partial charge in [-0.2, -0.15) is 10.2 Å². The van der Waals surface area contributed by atoms with Crippen LogP contribution in [0.3, 0.4) is 0 Å². The maximum atomic E-state index is 14.3. The Hall–Kier alpha value is -4.47. The summed E-state index contributed by atoms with van der Waals surface area (Å²) < 4.78 is 16.0. The van der Waals surface area contributed by atoms with Gasteiger partial charge in [0.2, 0.25) is 11.8 Å². The quantitative estimate of drug-likeness (QED) is 0.419. The number of nitrogens with one attached hydrogen (secondary N) is 1. The van der Waals surface area contributed by atoms with E-state index in [-0.39, 0.29) is 25.3 Å². The second-order valence-corrected chi connectivity index (χ2v) is 8.72. The van der Waals surface area contributed by atoms with Gasteiger partial charge in [0.15, 0.2) is 5.78 Å². The number of ketones is 1. The zero-order valence-corrected chi connectivity index (χ0v) is 19.5. The summed E-state index contributed by atoms with van der Waals surface area (Å²) in [5, 5.41) is 11.1. The SMILES string of the molecule is CC(=O)c1cn(CC(=O)N2C[C@H](F)CC2C(=O)Nc2cccnc2)c2ccc(-c3ccnnc3)cc12. The van der Waals surface area contributed by atoms with Crippen LogP contribution in [0.1, 0.15) is 23.7 Å². The van der Waals surface area contributed by atoms with Crippen molar-refractivity contribution in [3.63, 3.8) is 0 Å². The number of Topliss-reactive ketones (excluding diaryl/α,β-unsaturated/α-hetero) is 1. The molecule has 182 valence electrons. The minimum Gasteiger partial charge on any atom is -0.337 e. The molecule has 4 heterocycles. The van der Waals surface area contributed by atoms with Gasteiger partial charge in [-0.25, -0.2) is 4.39 Å². The summed E-state index contributed by atoms with van der Waals surface area (Å²) in [7, 11) is 0. The maximum Gasteiger partial charge on any atom is 0.247 e. The molecule has 1 fully saturated rings. The van der Waals surface area contributed by atoms with E-state index >= 15 is 0 Å². The molecule has 2 atom stereocenters. The van der Waals surface area contributed by atoms with Crippen LogP contribution in [0.25, 0.3) is 22.0 Å². The third kappa shape index (κ3) is 4.57. The van der Waals surface area contributed by atoms with E-state index in [4.69, 9.17) is 0 Å². The Morgan fingerprint density at radius 1 is 1.08 bits per heavy atom. The summed E-state index contributed by atoms with van der Waals surface area (Å²) >= 11 is 0. The molecule has 4 aromatic rings. The molecule has 0 bridgehead atoms. The van der Waals surface area contributed by atoms with Gasteiger partial charge in [-0.15, -0.1) is 0 Å². The lowest BCUT2D eigenvalue weighted by Gasteiger charge is -2.24. The molecule has 2 amide bonds.